The quantitative estimate of drug-likeness (QED) is 0.470. The van der Waals surface area contributed by atoms with Crippen molar-refractivity contribution in [1.29, 1.82) is 0 Å². The van der Waals surface area contributed by atoms with Gasteiger partial charge < -0.3 is 15.6 Å². The van der Waals surface area contributed by atoms with Crippen molar-refractivity contribution in [3.8, 4) is 11.5 Å². The lowest BCUT2D eigenvalue weighted by atomic mass is 10.1. The smallest absolute Gasteiger partial charge is 0.257 e. The van der Waals surface area contributed by atoms with Gasteiger partial charge in [-0.25, -0.2) is 0 Å². The average molecular weight is 355 g/mol. The maximum Gasteiger partial charge on any atom is 0.257 e. The molecule has 26 heavy (non-hydrogen) atoms. The number of aromatic nitrogens is 2. The molecule has 140 valence electrons. The molecule has 1 aromatic carbocycles. The van der Waals surface area contributed by atoms with E-state index in [1.54, 1.807) is 0 Å². The summed E-state index contributed by atoms with van der Waals surface area (Å²) in [5.41, 5.74) is 8.21. The summed E-state index contributed by atoms with van der Waals surface area (Å²) in [7, 11) is 0. The first-order chi connectivity index (χ1) is 12.7. The summed E-state index contributed by atoms with van der Waals surface area (Å²) in [6.45, 7) is 2.69. The minimum absolute atomic E-state index is 0.489. The van der Waals surface area contributed by atoms with Gasteiger partial charge in [-0.15, -0.1) is 0 Å². The van der Waals surface area contributed by atoms with E-state index >= 15 is 0 Å². The Bertz CT molecular complexity index is 699. The highest BCUT2D eigenvalue weighted by molar-refractivity contribution is 5.78. The number of rotatable bonds is 6. The Kier molecular flexibility index (Phi) is 6.63. The van der Waals surface area contributed by atoms with E-state index in [4.69, 9.17) is 10.3 Å². The van der Waals surface area contributed by atoms with Gasteiger partial charge in [0.05, 0.1) is 0 Å². The van der Waals surface area contributed by atoms with E-state index in [0.29, 0.717) is 24.4 Å². The second-order valence-corrected chi connectivity index (χ2v) is 6.92. The van der Waals surface area contributed by atoms with Gasteiger partial charge in [0.15, 0.2) is 11.8 Å². The molecule has 2 aromatic rings. The first kappa shape index (κ1) is 18.4. The summed E-state index contributed by atoms with van der Waals surface area (Å²) in [5.74, 6) is 1.88. The van der Waals surface area contributed by atoms with Crippen LogP contribution in [0, 0.1) is 0 Å². The fourth-order valence-corrected chi connectivity index (χ4v) is 3.31. The summed E-state index contributed by atoms with van der Waals surface area (Å²) in [6, 6.07) is 8.67. The minimum Gasteiger partial charge on any atom is -0.370 e. The van der Waals surface area contributed by atoms with E-state index in [1.807, 2.05) is 19.1 Å². The Hall–Kier alpha value is -2.37. The fraction of sp³-hybridized carbons (Fsp3) is 0.550. The fourth-order valence-electron chi connectivity index (χ4n) is 3.31. The largest absolute Gasteiger partial charge is 0.370 e. The third-order valence-electron chi connectivity index (χ3n) is 4.88. The van der Waals surface area contributed by atoms with Crippen LogP contribution in [0.2, 0.25) is 0 Å². The zero-order valence-electron chi connectivity index (χ0n) is 15.6. The number of hydrogen-bond donors (Lipinski definition) is 2. The topological polar surface area (TPSA) is 89.3 Å². The molecular formula is C20H29N5O. The Morgan fingerprint density at radius 3 is 2.58 bits per heavy atom. The summed E-state index contributed by atoms with van der Waals surface area (Å²) < 4.78 is 5.27. The molecule has 0 saturated heterocycles. The lowest BCUT2D eigenvalue weighted by molar-refractivity contribution is 0.423. The molecule has 0 aliphatic heterocycles. The molecule has 1 heterocycles. The molecule has 1 aromatic heterocycles. The van der Waals surface area contributed by atoms with Crippen LogP contribution >= 0.6 is 0 Å². The normalized spacial score (nSPS) is 16.4. The highest BCUT2D eigenvalue weighted by Gasteiger charge is 2.12. The molecule has 0 atom stereocenters. The van der Waals surface area contributed by atoms with Gasteiger partial charge in [0.2, 0.25) is 0 Å². The van der Waals surface area contributed by atoms with Crippen molar-refractivity contribution in [1.82, 2.24) is 15.5 Å². The van der Waals surface area contributed by atoms with Gasteiger partial charge in [-0.2, -0.15) is 4.98 Å². The second kappa shape index (κ2) is 9.36. The van der Waals surface area contributed by atoms with Crippen LogP contribution < -0.4 is 11.1 Å². The molecule has 0 amide bonds. The first-order valence-corrected chi connectivity index (χ1v) is 9.73. The Morgan fingerprint density at radius 1 is 1.19 bits per heavy atom. The van der Waals surface area contributed by atoms with E-state index in [1.165, 1.54) is 44.1 Å². The predicted molar refractivity (Wildman–Crippen MR) is 104 cm³/mol. The van der Waals surface area contributed by atoms with Gasteiger partial charge in [-0.3, -0.25) is 4.99 Å². The maximum absolute atomic E-state index is 6.05. The molecule has 1 fully saturated rings. The van der Waals surface area contributed by atoms with E-state index < -0.39 is 0 Å². The predicted octanol–water partition coefficient (Wildman–Crippen LogP) is 3.47. The minimum atomic E-state index is 0.489. The van der Waals surface area contributed by atoms with Gasteiger partial charge in [0, 0.05) is 24.6 Å². The van der Waals surface area contributed by atoms with Crippen LogP contribution in [0.15, 0.2) is 33.8 Å². The summed E-state index contributed by atoms with van der Waals surface area (Å²) in [5, 5.41) is 7.32. The molecule has 0 bridgehead atoms. The maximum atomic E-state index is 6.05. The molecule has 1 aliphatic carbocycles. The standard InChI is InChI=1S/C20H29N5O/c1-2-18-24-19(26-25-18)16-11-9-15(10-12-16)13-14-22-20(21)23-17-7-5-3-4-6-8-17/h9-12,17H,2-8,13-14H2,1H3,(H3,21,22,23). The number of aliphatic imine (C=N–C) groups is 1. The van der Waals surface area contributed by atoms with Crippen molar-refractivity contribution in [2.45, 2.75) is 64.3 Å². The van der Waals surface area contributed by atoms with Crippen molar-refractivity contribution in [2.75, 3.05) is 6.54 Å². The van der Waals surface area contributed by atoms with Crippen LogP contribution in [0.1, 0.15) is 56.8 Å². The van der Waals surface area contributed by atoms with Crippen LogP contribution in [0.3, 0.4) is 0 Å². The molecule has 3 N–H and O–H groups in total. The third kappa shape index (κ3) is 5.31. The van der Waals surface area contributed by atoms with Crippen LogP contribution in [0.4, 0.5) is 0 Å². The van der Waals surface area contributed by atoms with Gasteiger partial charge >= 0.3 is 0 Å². The number of nitrogens with zero attached hydrogens (tertiary/aromatic N) is 3. The molecule has 0 unspecified atom stereocenters. The van der Waals surface area contributed by atoms with Crippen LogP contribution in [0.5, 0.6) is 0 Å². The molecule has 1 aliphatic rings. The molecule has 3 rings (SSSR count). The lowest BCUT2D eigenvalue weighted by Gasteiger charge is -2.16. The Morgan fingerprint density at radius 2 is 1.92 bits per heavy atom. The molecular weight excluding hydrogens is 326 g/mol. The first-order valence-electron chi connectivity index (χ1n) is 9.73. The average Bonchev–Trinajstić information content (AvgIpc) is 3.00. The lowest BCUT2D eigenvalue weighted by Crippen LogP contribution is -2.40. The SMILES string of the molecule is CCc1noc(-c2ccc(CCN=C(N)NC3CCCCCC3)cc2)n1. The van der Waals surface area contributed by atoms with Crippen molar-refractivity contribution < 1.29 is 4.52 Å². The van der Waals surface area contributed by atoms with E-state index in [0.717, 1.165) is 24.2 Å². The van der Waals surface area contributed by atoms with E-state index in [9.17, 15) is 0 Å². The second-order valence-electron chi connectivity index (χ2n) is 6.92. The third-order valence-corrected chi connectivity index (χ3v) is 4.88. The molecule has 0 spiro atoms. The molecule has 6 heteroatoms. The molecule has 0 radical (unpaired) electrons. The summed E-state index contributed by atoms with van der Waals surface area (Å²) in [4.78, 5) is 8.83. The van der Waals surface area contributed by atoms with Crippen molar-refractivity contribution >= 4 is 5.96 Å². The van der Waals surface area contributed by atoms with Crippen LogP contribution in [0.25, 0.3) is 11.5 Å². The van der Waals surface area contributed by atoms with Gasteiger partial charge in [-0.1, -0.05) is 49.9 Å². The number of hydrogen-bond acceptors (Lipinski definition) is 4. The zero-order chi connectivity index (χ0) is 18.2. The highest BCUT2D eigenvalue weighted by Crippen LogP contribution is 2.18. The van der Waals surface area contributed by atoms with Crippen molar-refractivity contribution in [2.24, 2.45) is 10.7 Å². The number of nitrogens with two attached hydrogens (primary N) is 1. The number of nitrogens with one attached hydrogen (secondary N) is 1. The number of guanidine groups is 1. The monoisotopic (exact) mass is 355 g/mol. The van der Waals surface area contributed by atoms with Gasteiger partial charge in [0.25, 0.3) is 5.89 Å². The number of benzene rings is 1. The van der Waals surface area contributed by atoms with Crippen molar-refractivity contribution in [3.63, 3.8) is 0 Å². The Balaban J connectivity index is 1.48. The highest BCUT2D eigenvalue weighted by atomic mass is 16.5. The van der Waals surface area contributed by atoms with E-state index in [-0.39, 0.29) is 0 Å². The Labute approximate surface area is 155 Å². The van der Waals surface area contributed by atoms with Crippen molar-refractivity contribution in [3.05, 3.63) is 35.7 Å². The summed E-state index contributed by atoms with van der Waals surface area (Å²) >= 11 is 0. The molecule has 1 saturated carbocycles. The van der Waals surface area contributed by atoms with Crippen LogP contribution in [-0.2, 0) is 12.8 Å². The van der Waals surface area contributed by atoms with Crippen LogP contribution in [-0.4, -0.2) is 28.7 Å². The summed E-state index contributed by atoms with van der Waals surface area (Å²) in [6.07, 6.45) is 9.30. The van der Waals surface area contributed by atoms with Gasteiger partial charge in [-0.05, 0) is 37.0 Å². The zero-order valence-corrected chi connectivity index (χ0v) is 15.6. The molecule has 6 nitrogen and oxygen atoms in total. The number of aryl methyl sites for hydroxylation is 1. The van der Waals surface area contributed by atoms with E-state index in [2.05, 4.69) is 32.6 Å². The van der Waals surface area contributed by atoms with Gasteiger partial charge in [0.1, 0.15) is 0 Å².